The topological polar surface area (TPSA) is 67.6 Å². The molecule has 1 N–H and O–H groups in total. The second-order valence-electron chi connectivity index (χ2n) is 6.40. The van der Waals surface area contributed by atoms with Gasteiger partial charge in [-0.2, -0.15) is 0 Å². The Labute approximate surface area is 132 Å². The van der Waals surface area contributed by atoms with Gasteiger partial charge in [0.05, 0.1) is 24.4 Å². The summed E-state index contributed by atoms with van der Waals surface area (Å²) in [4.78, 5) is 14.2. The molecular formula is C16H27N3O3. The van der Waals surface area contributed by atoms with E-state index in [4.69, 9.17) is 9.26 Å². The van der Waals surface area contributed by atoms with Gasteiger partial charge in [0.15, 0.2) is 0 Å². The standard InChI is InChI=1S/C16H27N3O3/c1-6-16(5)10-19(7-8-21-16)15(20)17-9-11(2)14-12(3)18-22-13(14)4/h11H,6-10H2,1-5H3,(H,17,20). The van der Waals surface area contributed by atoms with Gasteiger partial charge in [-0.3, -0.25) is 0 Å². The van der Waals surface area contributed by atoms with Crippen LogP contribution in [0, 0.1) is 13.8 Å². The molecule has 2 rings (SSSR count). The number of nitrogens with zero attached hydrogens (tertiary/aromatic N) is 2. The number of carbonyl (C=O) groups excluding carboxylic acids is 1. The molecule has 0 aliphatic carbocycles. The summed E-state index contributed by atoms with van der Waals surface area (Å²) < 4.78 is 11.0. The monoisotopic (exact) mass is 309 g/mol. The average Bonchev–Trinajstić information content (AvgIpc) is 2.83. The molecule has 22 heavy (non-hydrogen) atoms. The van der Waals surface area contributed by atoms with Crippen LogP contribution in [0.15, 0.2) is 4.52 Å². The molecular weight excluding hydrogens is 282 g/mol. The third-order valence-electron chi connectivity index (χ3n) is 4.51. The summed E-state index contributed by atoms with van der Waals surface area (Å²) in [6.07, 6.45) is 0.895. The molecule has 1 fully saturated rings. The molecule has 0 aromatic carbocycles. The fourth-order valence-electron chi connectivity index (χ4n) is 2.97. The lowest BCUT2D eigenvalue weighted by atomic mass is 9.99. The molecule has 2 heterocycles. The minimum atomic E-state index is -0.233. The van der Waals surface area contributed by atoms with E-state index in [2.05, 4.69) is 31.2 Å². The molecule has 2 amide bonds. The molecule has 1 aliphatic heterocycles. The maximum absolute atomic E-state index is 12.4. The van der Waals surface area contributed by atoms with Crippen LogP contribution >= 0.6 is 0 Å². The van der Waals surface area contributed by atoms with E-state index in [-0.39, 0.29) is 17.6 Å². The lowest BCUT2D eigenvalue weighted by Gasteiger charge is -2.40. The summed E-state index contributed by atoms with van der Waals surface area (Å²) in [7, 11) is 0. The normalized spacial score (nSPS) is 23.4. The Balaban J connectivity index is 1.90. The molecule has 0 spiro atoms. The van der Waals surface area contributed by atoms with Gasteiger partial charge in [0.25, 0.3) is 0 Å². The van der Waals surface area contributed by atoms with Crippen LogP contribution in [0.4, 0.5) is 4.79 Å². The predicted octanol–water partition coefficient (Wildman–Crippen LogP) is 2.61. The van der Waals surface area contributed by atoms with Gasteiger partial charge in [-0.25, -0.2) is 4.79 Å². The van der Waals surface area contributed by atoms with Crippen molar-refractivity contribution in [3.05, 3.63) is 17.0 Å². The largest absolute Gasteiger partial charge is 0.372 e. The summed E-state index contributed by atoms with van der Waals surface area (Å²) in [5, 5.41) is 6.99. The van der Waals surface area contributed by atoms with Crippen molar-refractivity contribution in [1.82, 2.24) is 15.4 Å². The minimum Gasteiger partial charge on any atom is -0.372 e. The van der Waals surface area contributed by atoms with Crippen LogP contribution in [0.1, 0.15) is 50.1 Å². The Bertz CT molecular complexity index is 509. The zero-order valence-corrected chi connectivity index (χ0v) is 14.2. The highest BCUT2D eigenvalue weighted by atomic mass is 16.5. The molecule has 124 valence electrons. The molecule has 2 atom stereocenters. The summed E-state index contributed by atoms with van der Waals surface area (Å²) in [5.74, 6) is 0.998. The zero-order chi connectivity index (χ0) is 16.3. The van der Waals surface area contributed by atoms with Crippen molar-refractivity contribution >= 4 is 6.03 Å². The second kappa shape index (κ2) is 6.69. The number of urea groups is 1. The predicted molar refractivity (Wildman–Crippen MR) is 84.0 cm³/mol. The summed E-state index contributed by atoms with van der Waals surface area (Å²) in [6.45, 7) is 12.5. The van der Waals surface area contributed by atoms with E-state index in [0.29, 0.717) is 26.2 Å². The van der Waals surface area contributed by atoms with Crippen LogP contribution in [0.3, 0.4) is 0 Å². The van der Waals surface area contributed by atoms with E-state index < -0.39 is 0 Å². The molecule has 1 aliphatic rings. The van der Waals surface area contributed by atoms with Crippen molar-refractivity contribution in [3.63, 3.8) is 0 Å². The first-order chi connectivity index (χ1) is 10.4. The number of aryl methyl sites for hydroxylation is 2. The van der Waals surface area contributed by atoms with Crippen LogP contribution < -0.4 is 5.32 Å². The maximum Gasteiger partial charge on any atom is 0.317 e. The Morgan fingerprint density at radius 1 is 1.50 bits per heavy atom. The number of carbonyl (C=O) groups is 1. The number of rotatable bonds is 4. The van der Waals surface area contributed by atoms with E-state index in [0.717, 1.165) is 23.4 Å². The molecule has 0 radical (unpaired) electrons. The first-order valence-electron chi connectivity index (χ1n) is 7.96. The fourth-order valence-corrected chi connectivity index (χ4v) is 2.97. The van der Waals surface area contributed by atoms with Crippen molar-refractivity contribution in [2.75, 3.05) is 26.2 Å². The Hall–Kier alpha value is -1.56. The molecule has 0 bridgehead atoms. The second-order valence-corrected chi connectivity index (χ2v) is 6.40. The van der Waals surface area contributed by atoms with Crippen molar-refractivity contribution in [2.45, 2.75) is 52.6 Å². The van der Waals surface area contributed by atoms with Crippen LogP contribution in [0.25, 0.3) is 0 Å². The molecule has 6 nitrogen and oxygen atoms in total. The third-order valence-corrected chi connectivity index (χ3v) is 4.51. The smallest absolute Gasteiger partial charge is 0.317 e. The number of nitrogens with one attached hydrogen (secondary N) is 1. The van der Waals surface area contributed by atoms with E-state index in [1.807, 2.05) is 18.7 Å². The lowest BCUT2D eigenvalue weighted by Crippen LogP contribution is -2.54. The van der Waals surface area contributed by atoms with Crippen LogP contribution in [0.5, 0.6) is 0 Å². The van der Waals surface area contributed by atoms with Gasteiger partial charge in [0.2, 0.25) is 0 Å². The summed E-state index contributed by atoms with van der Waals surface area (Å²) >= 11 is 0. The van der Waals surface area contributed by atoms with Crippen LogP contribution in [0.2, 0.25) is 0 Å². The lowest BCUT2D eigenvalue weighted by molar-refractivity contribution is -0.0872. The third kappa shape index (κ3) is 3.61. The molecule has 1 saturated heterocycles. The number of ether oxygens (including phenoxy) is 1. The number of hydrogen-bond donors (Lipinski definition) is 1. The minimum absolute atomic E-state index is 0.0263. The van der Waals surface area contributed by atoms with Gasteiger partial charge in [-0.1, -0.05) is 19.0 Å². The highest BCUT2D eigenvalue weighted by molar-refractivity contribution is 5.74. The van der Waals surface area contributed by atoms with Gasteiger partial charge in [0, 0.05) is 24.6 Å². The van der Waals surface area contributed by atoms with Gasteiger partial charge in [-0.05, 0) is 27.2 Å². The Morgan fingerprint density at radius 3 is 2.82 bits per heavy atom. The average molecular weight is 309 g/mol. The van der Waals surface area contributed by atoms with Gasteiger partial charge in [-0.15, -0.1) is 0 Å². The maximum atomic E-state index is 12.4. The van der Waals surface area contributed by atoms with Crippen LogP contribution in [-0.2, 0) is 4.74 Å². The highest BCUT2D eigenvalue weighted by Gasteiger charge is 2.32. The molecule has 0 saturated carbocycles. The first kappa shape index (κ1) is 16.8. The van der Waals surface area contributed by atoms with Crippen molar-refractivity contribution in [3.8, 4) is 0 Å². The molecule has 1 aromatic heterocycles. The van der Waals surface area contributed by atoms with Gasteiger partial charge < -0.3 is 19.5 Å². The number of aromatic nitrogens is 1. The number of amides is 2. The zero-order valence-electron chi connectivity index (χ0n) is 14.2. The van der Waals surface area contributed by atoms with Crippen molar-refractivity contribution in [1.29, 1.82) is 0 Å². The number of morpholine rings is 1. The molecule has 2 unspecified atom stereocenters. The first-order valence-corrected chi connectivity index (χ1v) is 7.96. The van der Waals surface area contributed by atoms with E-state index in [1.165, 1.54) is 0 Å². The van der Waals surface area contributed by atoms with E-state index >= 15 is 0 Å². The van der Waals surface area contributed by atoms with Gasteiger partial charge >= 0.3 is 6.03 Å². The number of hydrogen-bond acceptors (Lipinski definition) is 4. The Morgan fingerprint density at radius 2 is 2.23 bits per heavy atom. The van der Waals surface area contributed by atoms with E-state index in [9.17, 15) is 4.79 Å². The van der Waals surface area contributed by atoms with Crippen molar-refractivity contribution < 1.29 is 14.1 Å². The van der Waals surface area contributed by atoms with Crippen molar-refractivity contribution in [2.24, 2.45) is 0 Å². The Kier molecular flexibility index (Phi) is 5.11. The summed E-state index contributed by atoms with van der Waals surface area (Å²) in [5.41, 5.74) is 1.74. The molecule has 6 heteroatoms. The van der Waals surface area contributed by atoms with Gasteiger partial charge in [0.1, 0.15) is 5.76 Å². The summed E-state index contributed by atoms with van der Waals surface area (Å²) in [6, 6.07) is -0.0263. The SMILES string of the molecule is CCC1(C)CN(C(=O)NCC(C)c2c(C)noc2C)CCO1. The highest BCUT2D eigenvalue weighted by Crippen LogP contribution is 2.23. The quantitative estimate of drug-likeness (QED) is 0.928. The molecule has 1 aromatic rings. The van der Waals surface area contributed by atoms with E-state index in [1.54, 1.807) is 0 Å². The van der Waals surface area contributed by atoms with Crippen LogP contribution in [-0.4, -0.2) is 47.9 Å². The fraction of sp³-hybridized carbons (Fsp3) is 0.750.